The molecule has 0 aliphatic heterocycles. The van der Waals surface area contributed by atoms with Crippen LogP contribution in [0.2, 0.25) is 0 Å². The summed E-state index contributed by atoms with van der Waals surface area (Å²) in [5.74, 6) is 0.951. The zero-order valence-electron chi connectivity index (χ0n) is 15.9. The van der Waals surface area contributed by atoms with Crippen LogP contribution in [0.15, 0.2) is 48.9 Å². The second-order valence-corrected chi connectivity index (χ2v) is 7.43. The number of fused-ring (bicyclic) bond motifs is 3. The van der Waals surface area contributed by atoms with E-state index < -0.39 is 6.04 Å². The number of amides is 2. The van der Waals surface area contributed by atoms with Gasteiger partial charge in [-0.15, -0.1) is 0 Å². The molecule has 2 aromatic heterocycles. The summed E-state index contributed by atoms with van der Waals surface area (Å²) >= 11 is 0. The minimum Gasteiger partial charge on any atom is -0.357 e. The van der Waals surface area contributed by atoms with Crippen LogP contribution in [0.1, 0.15) is 45.7 Å². The molecule has 0 spiro atoms. The second-order valence-electron chi connectivity index (χ2n) is 7.43. The molecule has 1 saturated carbocycles. The van der Waals surface area contributed by atoms with Crippen molar-refractivity contribution in [3.05, 3.63) is 71.4 Å². The van der Waals surface area contributed by atoms with Gasteiger partial charge in [-0.1, -0.05) is 30.3 Å². The van der Waals surface area contributed by atoms with E-state index in [0.29, 0.717) is 28.9 Å². The lowest BCUT2D eigenvalue weighted by Crippen LogP contribution is -2.39. The molecule has 2 amide bonds. The Hall–Kier alpha value is -3.55. The van der Waals surface area contributed by atoms with E-state index in [1.54, 1.807) is 30.3 Å². The van der Waals surface area contributed by atoms with E-state index in [9.17, 15) is 9.59 Å². The van der Waals surface area contributed by atoms with Crippen molar-refractivity contribution in [3.63, 3.8) is 0 Å². The summed E-state index contributed by atoms with van der Waals surface area (Å²) in [4.78, 5) is 34.1. The van der Waals surface area contributed by atoms with E-state index in [-0.39, 0.29) is 11.8 Å². The quantitative estimate of drug-likeness (QED) is 0.690. The number of rotatable bonds is 5. The highest BCUT2D eigenvalue weighted by molar-refractivity contribution is 5.98. The highest BCUT2D eigenvalue weighted by Crippen LogP contribution is 2.57. The van der Waals surface area contributed by atoms with Crippen LogP contribution in [0, 0.1) is 5.92 Å². The molecule has 3 unspecified atom stereocenters. The van der Waals surface area contributed by atoms with E-state index in [1.165, 1.54) is 0 Å². The Morgan fingerprint density at radius 3 is 2.76 bits per heavy atom. The maximum Gasteiger partial charge on any atom is 0.272 e. The van der Waals surface area contributed by atoms with Crippen LogP contribution in [0.5, 0.6) is 0 Å². The molecule has 3 atom stereocenters. The van der Waals surface area contributed by atoms with Gasteiger partial charge in [0.05, 0.1) is 11.9 Å². The van der Waals surface area contributed by atoms with Gasteiger partial charge in [0.1, 0.15) is 6.04 Å². The van der Waals surface area contributed by atoms with Crippen LogP contribution in [-0.2, 0) is 11.2 Å². The molecule has 8 nitrogen and oxygen atoms in total. The SMILES string of the molecule is CNC(=O)C(NC(=O)c1nn(-c2cnccn2)c2c1CC1CC21)c1ccccc1. The molecule has 8 heteroatoms. The van der Waals surface area contributed by atoms with Crippen molar-refractivity contribution in [3.8, 4) is 5.82 Å². The maximum absolute atomic E-state index is 13.2. The molecular weight excluding hydrogens is 368 g/mol. The van der Waals surface area contributed by atoms with E-state index in [0.717, 1.165) is 24.1 Å². The van der Waals surface area contributed by atoms with Crippen molar-refractivity contribution in [1.29, 1.82) is 0 Å². The van der Waals surface area contributed by atoms with Gasteiger partial charge in [0.25, 0.3) is 5.91 Å². The Bertz CT molecular complexity index is 1080. The molecule has 146 valence electrons. The fraction of sp³-hybridized carbons (Fsp3) is 0.286. The number of hydrogen-bond donors (Lipinski definition) is 2. The first-order chi connectivity index (χ1) is 14.2. The zero-order valence-corrected chi connectivity index (χ0v) is 15.9. The average Bonchev–Trinajstić information content (AvgIpc) is 3.27. The molecule has 0 radical (unpaired) electrons. The van der Waals surface area contributed by atoms with Crippen LogP contribution in [-0.4, -0.2) is 38.6 Å². The Morgan fingerprint density at radius 2 is 2.03 bits per heavy atom. The van der Waals surface area contributed by atoms with Crippen molar-refractivity contribution in [2.24, 2.45) is 5.92 Å². The fourth-order valence-electron chi connectivity index (χ4n) is 4.16. The summed E-state index contributed by atoms with van der Waals surface area (Å²) in [6.07, 6.45) is 6.81. The third kappa shape index (κ3) is 2.97. The first-order valence-electron chi connectivity index (χ1n) is 9.63. The van der Waals surface area contributed by atoms with Crippen molar-refractivity contribution in [2.45, 2.75) is 24.8 Å². The molecule has 2 N–H and O–H groups in total. The van der Waals surface area contributed by atoms with Gasteiger partial charge in [-0.25, -0.2) is 9.67 Å². The lowest BCUT2D eigenvalue weighted by molar-refractivity contribution is -0.122. The molecule has 0 saturated heterocycles. The number of aromatic nitrogens is 4. The van der Waals surface area contributed by atoms with Gasteiger partial charge >= 0.3 is 0 Å². The Morgan fingerprint density at radius 1 is 1.21 bits per heavy atom. The van der Waals surface area contributed by atoms with Gasteiger partial charge < -0.3 is 10.6 Å². The molecule has 2 aliphatic rings. The van der Waals surface area contributed by atoms with Crippen molar-refractivity contribution in [1.82, 2.24) is 30.4 Å². The predicted octanol–water partition coefficient (Wildman–Crippen LogP) is 1.54. The first-order valence-corrected chi connectivity index (χ1v) is 9.63. The zero-order chi connectivity index (χ0) is 20.0. The largest absolute Gasteiger partial charge is 0.357 e. The van der Waals surface area contributed by atoms with Crippen molar-refractivity contribution >= 4 is 11.8 Å². The van der Waals surface area contributed by atoms with Crippen LogP contribution < -0.4 is 10.6 Å². The molecule has 1 aromatic carbocycles. The molecule has 2 heterocycles. The van der Waals surface area contributed by atoms with Gasteiger partial charge in [0.2, 0.25) is 5.91 Å². The summed E-state index contributed by atoms with van der Waals surface area (Å²) in [5, 5.41) is 10.1. The van der Waals surface area contributed by atoms with Gasteiger partial charge in [0, 0.05) is 30.9 Å². The van der Waals surface area contributed by atoms with Gasteiger partial charge in [-0.3, -0.25) is 14.6 Å². The summed E-state index contributed by atoms with van der Waals surface area (Å²) in [6.45, 7) is 0. The Balaban J connectivity index is 1.50. The minimum atomic E-state index is -0.790. The van der Waals surface area contributed by atoms with E-state index in [4.69, 9.17) is 0 Å². The van der Waals surface area contributed by atoms with Crippen molar-refractivity contribution < 1.29 is 9.59 Å². The Labute approximate surface area is 167 Å². The lowest BCUT2D eigenvalue weighted by Gasteiger charge is -2.17. The van der Waals surface area contributed by atoms with Gasteiger partial charge in [-0.05, 0) is 24.3 Å². The average molecular weight is 388 g/mol. The highest BCUT2D eigenvalue weighted by Gasteiger charge is 2.50. The van der Waals surface area contributed by atoms with Gasteiger partial charge in [-0.2, -0.15) is 5.10 Å². The molecule has 5 rings (SSSR count). The fourth-order valence-corrected chi connectivity index (χ4v) is 4.16. The summed E-state index contributed by atoms with van der Waals surface area (Å²) in [7, 11) is 1.55. The Kier molecular flexibility index (Phi) is 4.12. The summed E-state index contributed by atoms with van der Waals surface area (Å²) < 4.78 is 1.74. The first kappa shape index (κ1) is 17.5. The third-order valence-electron chi connectivity index (χ3n) is 5.66. The number of carbonyl (C=O) groups is 2. The van der Waals surface area contributed by atoms with Crippen LogP contribution >= 0.6 is 0 Å². The van der Waals surface area contributed by atoms with Gasteiger partial charge in [0.15, 0.2) is 11.5 Å². The second kappa shape index (κ2) is 6.80. The predicted molar refractivity (Wildman–Crippen MR) is 104 cm³/mol. The number of benzene rings is 1. The minimum absolute atomic E-state index is 0.280. The highest BCUT2D eigenvalue weighted by atomic mass is 16.2. The molecule has 3 aromatic rings. The molecule has 0 bridgehead atoms. The maximum atomic E-state index is 13.2. The normalized spacial score (nSPS) is 19.8. The molecule has 2 aliphatic carbocycles. The van der Waals surface area contributed by atoms with E-state index >= 15 is 0 Å². The molecule has 1 fully saturated rings. The van der Waals surface area contributed by atoms with E-state index in [1.807, 2.05) is 30.3 Å². The topological polar surface area (TPSA) is 102 Å². The lowest BCUT2D eigenvalue weighted by atomic mass is 10.1. The van der Waals surface area contributed by atoms with Crippen molar-refractivity contribution in [2.75, 3.05) is 7.05 Å². The van der Waals surface area contributed by atoms with Crippen LogP contribution in [0.25, 0.3) is 5.82 Å². The summed E-state index contributed by atoms with van der Waals surface area (Å²) in [6, 6.07) is 8.39. The monoisotopic (exact) mass is 388 g/mol. The molecule has 29 heavy (non-hydrogen) atoms. The number of nitrogens with zero attached hydrogens (tertiary/aromatic N) is 4. The summed E-state index contributed by atoms with van der Waals surface area (Å²) in [5.41, 5.74) is 3.09. The molecular formula is C21H20N6O2. The van der Waals surface area contributed by atoms with Crippen LogP contribution in [0.3, 0.4) is 0 Å². The number of carbonyl (C=O) groups excluding carboxylic acids is 2. The smallest absolute Gasteiger partial charge is 0.272 e. The number of hydrogen-bond acceptors (Lipinski definition) is 5. The number of nitrogens with one attached hydrogen (secondary N) is 2. The third-order valence-corrected chi connectivity index (χ3v) is 5.66. The van der Waals surface area contributed by atoms with Crippen LogP contribution in [0.4, 0.5) is 0 Å². The number of likely N-dealkylation sites (N-methyl/N-ethyl adjacent to an activating group) is 1. The standard InChI is InChI=1S/C21H20N6O2/c1-22-20(28)17(12-5-3-2-4-6-12)25-21(29)18-15-10-13-9-14(13)19(15)27(26-18)16-11-23-7-8-24-16/h2-8,11,13-14,17H,9-10H2,1H3,(H,22,28)(H,25,29). The van der Waals surface area contributed by atoms with E-state index in [2.05, 4.69) is 25.7 Å².